The number of benzene rings is 3. The van der Waals surface area contributed by atoms with Crippen LogP contribution >= 0.6 is 27.3 Å². The third-order valence-electron chi connectivity index (χ3n) is 4.11. The van der Waals surface area contributed by atoms with Crippen LogP contribution in [0.25, 0.3) is 21.0 Å². The first-order valence-corrected chi connectivity index (χ1v) is 9.57. The first-order chi connectivity index (χ1) is 12.7. The molecule has 0 N–H and O–H groups in total. The van der Waals surface area contributed by atoms with Gasteiger partial charge in [0.1, 0.15) is 0 Å². The number of terminal acetylenes is 1. The van der Waals surface area contributed by atoms with Gasteiger partial charge in [-0.2, -0.15) is 4.99 Å². The number of hydrogen-bond donors (Lipinski definition) is 0. The van der Waals surface area contributed by atoms with Crippen LogP contribution in [-0.2, 0) is 6.54 Å². The Hall–Kier alpha value is -2.68. The van der Waals surface area contributed by atoms with Crippen LogP contribution < -0.4 is 4.80 Å². The van der Waals surface area contributed by atoms with E-state index < -0.39 is 0 Å². The lowest BCUT2D eigenvalue weighted by molar-refractivity contribution is 0.0999. The summed E-state index contributed by atoms with van der Waals surface area (Å²) >= 11 is 4.94. The van der Waals surface area contributed by atoms with Gasteiger partial charge >= 0.3 is 0 Å². The number of halogens is 1. The fraction of sp³-hybridized carbons (Fsp3) is 0.0476. The van der Waals surface area contributed by atoms with Crippen molar-refractivity contribution < 1.29 is 4.79 Å². The lowest BCUT2D eigenvalue weighted by Crippen LogP contribution is -2.16. The number of rotatable bonds is 2. The molecule has 0 aliphatic heterocycles. The highest BCUT2D eigenvalue weighted by molar-refractivity contribution is 9.10. The molecule has 0 aliphatic carbocycles. The van der Waals surface area contributed by atoms with E-state index in [4.69, 9.17) is 6.42 Å². The number of thiazole rings is 1. The molecule has 0 saturated heterocycles. The summed E-state index contributed by atoms with van der Waals surface area (Å²) in [6.07, 6.45) is 5.52. The molecule has 0 aliphatic rings. The van der Waals surface area contributed by atoms with Crippen molar-refractivity contribution in [2.24, 2.45) is 4.99 Å². The molecule has 0 unspecified atom stereocenters. The lowest BCUT2D eigenvalue weighted by atomic mass is 10.0. The molecule has 5 heteroatoms. The van der Waals surface area contributed by atoms with Gasteiger partial charge in [0.15, 0.2) is 4.80 Å². The van der Waals surface area contributed by atoms with Gasteiger partial charge in [-0.15, -0.1) is 6.42 Å². The first kappa shape index (κ1) is 16.8. The SMILES string of the molecule is C#CCn1c(=NC(=O)c2cccc3ccccc23)sc2cc(Br)ccc21. The van der Waals surface area contributed by atoms with Gasteiger partial charge in [-0.1, -0.05) is 69.6 Å². The van der Waals surface area contributed by atoms with Gasteiger partial charge in [-0.3, -0.25) is 4.79 Å². The first-order valence-electron chi connectivity index (χ1n) is 7.96. The summed E-state index contributed by atoms with van der Waals surface area (Å²) in [6.45, 7) is 0.364. The third kappa shape index (κ3) is 2.98. The lowest BCUT2D eigenvalue weighted by Gasteiger charge is -2.03. The van der Waals surface area contributed by atoms with E-state index in [0.29, 0.717) is 16.9 Å². The minimum absolute atomic E-state index is 0.266. The number of hydrogen-bond acceptors (Lipinski definition) is 2. The van der Waals surface area contributed by atoms with Crippen LogP contribution in [0.5, 0.6) is 0 Å². The van der Waals surface area contributed by atoms with E-state index in [1.807, 2.05) is 65.2 Å². The van der Waals surface area contributed by atoms with E-state index >= 15 is 0 Å². The minimum atomic E-state index is -0.266. The number of carbonyl (C=O) groups excluding carboxylic acids is 1. The molecule has 0 saturated carbocycles. The van der Waals surface area contributed by atoms with E-state index in [0.717, 1.165) is 25.5 Å². The number of carbonyl (C=O) groups is 1. The Kier molecular flexibility index (Phi) is 4.46. The summed E-state index contributed by atoms with van der Waals surface area (Å²) in [5, 5.41) is 1.92. The number of nitrogens with zero attached hydrogens (tertiary/aromatic N) is 2. The molecule has 126 valence electrons. The summed E-state index contributed by atoms with van der Waals surface area (Å²) in [4.78, 5) is 17.9. The van der Waals surface area contributed by atoms with Crippen molar-refractivity contribution in [3.8, 4) is 12.3 Å². The van der Waals surface area contributed by atoms with E-state index in [2.05, 4.69) is 26.8 Å². The summed E-state index contributed by atoms with van der Waals surface area (Å²) in [7, 11) is 0. The zero-order valence-corrected chi connectivity index (χ0v) is 16.0. The summed E-state index contributed by atoms with van der Waals surface area (Å²) < 4.78 is 3.90. The second kappa shape index (κ2) is 6.91. The van der Waals surface area contributed by atoms with E-state index in [1.165, 1.54) is 11.3 Å². The number of amides is 1. The van der Waals surface area contributed by atoms with Crippen LogP contribution in [0.15, 0.2) is 70.1 Å². The predicted molar refractivity (Wildman–Crippen MR) is 110 cm³/mol. The fourth-order valence-electron chi connectivity index (χ4n) is 2.94. The third-order valence-corrected chi connectivity index (χ3v) is 5.65. The standard InChI is InChI=1S/C21H13BrN2OS/c1-2-12-24-18-11-10-15(22)13-19(18)26-21(24)23-20(25)17-9-5-7-14-6-3-4-8-16(14)17/h1,3-11,13H,12H2. The molecule has 4 aromatic rings. The van der Waals surface area contributed by atoms with Crippen molar-refractivity contribution in [1.29, 1.82) is 0 Å². The largest absolute Gasteiger partial charge is 0.305 e. The number of aromatic nitrogens is 1. The Morgan fingerprint density at radius 3 is 2.81 bits per heavy atom. The summed E-state index contributed by atoms with van der Waals surface area (Å²) in [5.41, 5.74) is 1.56. The predicted octanol–water partition coefficient (Wildman–Crippen LogP) is 4.99. The fourth-order valence-corrected chi connectivity index (χ4v) is 4.52. The maximum atomic E-state index is 12.9. The molecule has 1 amide bonds. The van der Waals surface area contributed by atoms with E-state index in [1.54, 1.807) is 0 Å². The molecule has 1 heterocycles. The molecule has 1 aromatic heterocycles. The van der Waals surface area contributed by atoms with Gasteiger partial charge in [0.2, 0.25) is 0 Å². The molecular formula is C21H13BrN2OS. The highest BCUT2D eigenvalue weighted by Crippen LogP contribution is 2.23. The highest BCUT2D eigenvalue weighted by atomic mass is 79.9. The molecule has 3 nitrogen and oxygen atoms in total. The smallest absolute Gasteiger partial charge is 0.280 e. The molecule has 26 heavy (non-hydrogen) atoms. The normalized spacial score (nSPS) is 11.8. The molecule has 0 radical (unpaired) electrons. The monoisotopic (exact) mass is 420 g/mol. The van der Waals surface area contributed by atoms with Crippen LogP contribution in [0.1, 0.15) is 10.4 Å². The van der Waals surface area contributed by atoms with Crippen LogP contribution in [0.3, 0.4) is 0 Å². The van der Waals surface area contributed by atoms with Crippen molar-refractivity contribution >= 4 is 54.2 Å². The van der Waals surface area contributed by atoms with Gasteiger partial charge in [0.05, 0.1) is 16.8 Å². The Labute approximate surface area is 162 Å². The van der Waals surface area contributed by atoms with Crippen molar-refractivity contribution in [2.75, 3.05) is 0 Å². The zero-order chi connectivity index (χ0) is 18.1. The van der Waals surface area contributed by atoms with Gasteiger partial charge < -0.3 is 4.57 Å². The second-order valence-corrected chi connectivity index (χ2v) is 7.66. The molecule has 0 spiro atoms. The highest BCUT2D eigenvalue weighted by Gasteiger charge is 2.11. The van der Waals surface area contributed by atoms with E-state index in [9.17, 15) is 4.79 Å². The van der Waals surface area contributed by atoms with Crippen molar-refractivity contribution in [3.63, 3.8) is 0 Å². The quantitative estimate of drug-likeness (QED) is 0.420. The van der Waals surface area contributed by atoms with Crippen LogP contribution in [-0.4, -0.2) is 10.5 Å². The Bertz CT molecular complexity index is 1260. The average molecular weight is 421 g/mol. The average Bonchev–Trinajstić information content (AvgIpc) is 2.97. The van der Waals surface area contributed by atoms with Crippen molar-refractivity contribution in [3.05, 3.63) is 75.5 Å². The summed E-state index contributed by atoms with van der Waals surface area (Å²) in [6, 6.07) is 19.4. The Morgan fingerprint density at radius 1 is 1.15 bits per heavy atom. The van der Waals surface area contributed by atoms with Crippen LogP contribution in [0.4, 0.5) is 0 Å². The van der Waals surface area contributed by atoms with Crippen molar-refractivity contribution in [2.45, 2.75) is 6.54 Å². The maximum absolute atomic E-state index is 12.9. The Balaban J connectivity index is 1.91. The van der Waals surface area contributed by atoms with Crippen LogP contribution in [0, 0.1) is 12.3 Å². The molecule has 4 rings (SSSR count). The molecule has 0 bridgehead atoms. The van der Waals surface area contributed by atoms with Gasteiger partial charge in [-0.05, 0) is 35.0 Å². The summed E-state index contributed by atoms with van der Waals surface area (Å²) in [5.74, 6) is 2.38. The van der Waals surface area contributed by atoms with E-state index in [-0.39, 0.29) is 5.91 Å². The molecule has 0 fully saturated rings. The minimum Gasteiger partial charge on any atom is -0.305 e. The van der Waals surface area contributed by atoms with Gasteiger partial charge in [0.25, 0.3) is 5.91 Å². The molecule has 3 aromatic carbocycles. The molecule has 0 atom stereocenters. The number of fused-ring (bicyclic) bond motifs is 2. The van der Waals surface area contributed by atoms with Gasteiger partial charge in [0, 0.05) is 10.0 Å². The molecular weight excluding hydrogens is 408 g/mol. The second-order valence-electron chi connectivity index (χ2n) is 5.73. The maximum Gasteiger partial charge on any atom is 0.280 e. The Morgan fingerprint density at radius 2 is 1.96 bits per heavy atom. The van der Waals surface area contributed by atoms with Crippen LogP contribution in [0.2, 0.25) is 0 Å². The van der Waals surface area contributed by atoms with Gasteiger partial charge in [-0.25, -0.2) is 0 Å². The van der Waals surface area contributed by atoms with Crippen molar-refractivity contribution in [1.82, 2.24) is 4.57 Å². The topological polar surface area (TPSA) is 34.4 Å². The zero-order valence-electron chi connectivity index (χ0n) is 13.6.